The SMILES string of the molecule is CC1(C)CCCC1C(O)Cc1ccccc1Br. The van der Waals surface area contributed by atoms with E-state index in [4.69, 9.17) is 0 Å². The van der Waals surface area contributed by atoms with Crippen LogP contribution in [0.5, 0.6) is 0 Å². The Morgan fingerprint density at radius 2 is 2.12 bits per heavy atom. The van der Waals surface area contributed by atoms with Crippen molar-refractivity contribution >= 4 is 15.9 Å². The molecule has 94 valence electrons. The Morgan fingerprint density at radius 1 is 1.41 bits per heavy atom. The molecule has 0 radical (unpaired) electrons. The number of aliphatic hydroxyl groups excluding tert-OH is 1. The summed E-state index contributed by atoms with van der Waals surface area (Å²) in [6.07, 6.45) is 4.20. The van der Waals surface area contributed by atoms with E-state index in [9.17, 15) is 5.11 Å². The van der Waals surface area contributed by atoms with Crippen molar-refractivity contribution in [2.24, 2.45) is 11.3 Å². The molecule has 0 bridgehead atoms. The molecule has 1 nitrogen and oxygen atoms in total. The van der Waals surface area contributed by atoms with Crippen LogP contribution in [0.4, 0.5) is 0 Å². The molecule has 0 aromatic heterocycles. The minimum absolute atomic E-state index is 0.216. The van der Waals surface area contributed by atoms with Gasteiger partial charge in [0.2, 0.25) is 0 Å². The molecule has 0 heterocycles. The lowest BCUT2D eigenvalue weighted by atomic mass is 9.77. The second-order valence-electron chi connectivity index (χ2n) is 5.85. The normalized spacial score (nSPS) is 24.8. The lowest BCUT2D eigenvalue weighted by molar-refractivity contribution is 0.0542. The Balaban J connectivity index is 2.07. The van der Waals surface area contributed by atoms with E-state index < -0.39 is 0 Å². The predicted molar refractivity (Wildman–Crippen MR) is 75.0 cm³/mol. The van der Waals surface area contributed by atoms with Crippen molar-refractivity contribution < 1.29 is 5.11 Å². The fraction of sp³-hybridized carbons (Fsp3) is 0.600. The van der Waals surface area contributed by atoms with Crippen LogP contribution in [0.3, 0.4) is 0 Å². The summed E-state index contributed by atoms with van der Waals surface area (Å²) in [4.78, 5) is 0. The first-order valence-corrected chi connectivity index (χ1v) is 7.21. The van der Waals surface area contributed by atoms with E-state index in [2.05, 4.69) is 35.8 Å². The van der Waals surface area contributed by atoms with Crippen molar-refractivity contribution in [1.82, 2.24) is 0 Å². The van der Waals surface area contributed by atoms with Crippen LogP contribution >= 0.6 is 15.9 Å². The molecule has 2 rings (SSSR count). The average Bonchev–Trinajstić information content (AvgIpc) is 2.61. The van der Waals surface area contributed by atoms with Crippen molar-refractivity contribution in [3.8, 4) is 0 Å². The molecule has 1 N–H and O–H groups in total. The van der Waals surface area contributed by atoms with Crippen LogP contribution in [0.2, 0.25) is 0 Å². The summed E-state index contributed by atoms with van der Waals surface area (Å²) in [6.45, 7) is 4.57. The van der Waals surface area contributed by atoms with E-state index in [1.54, 1.807) is 0 Å². The van der Waals surface area contributed by atoms with Gasteiger partial charge in [-0.1, -0.05) is 54.4 Å². The second-order valence-corrected chi connectivity index (χ2v) is 6.70. The highest BCUT2D eigenvalue weighted by molar-refractivity contribution is 9.10. The zero-order valence-electron chi connectivity index (χ0n) is 10.6. The van der Waals surface area contributed by atoms with Gasteiger partial charge in [0.1, 0.15) is 0 Å². The molecule has 1 saturated carbocycles. The van der Waals surface area contributed by atoms with E-state index in [0.717, 1.165) is 10.9 Å². The van der Waals surface area contributed by atoms with Gasteiger partial charge in [-0.05, 0) is 42.2 Å². The monoisotopic (exact) mass is 296 g/mol. The number of aliphatic hydroxyl groups is 1. The van der Waals surface area contributed by atoms with E-state index in [1.807, 2.05) is 18.2 Å². The maximum atomic E-state index is 10.4. The van der Waals surface area contributed by atoms with Gasteiger partial charge < -0.3 is 5.11 Å². The van der Waals surface area contributed by atoms with E-state index in [0.29, 0.717) is 11.3 Å². The summed E-state index contributed by atoms with van der Waals surface area (Å²) >= 11 is 3.55. The molecule has 1 fully saturated rings. The first kappa shape index (κ1) is 13.1. The minimum atomic E-state index is -0.216. The molecule has 0 amide bonds. The highest BCUT2D eigenvalue weighted by Crippen LogP contribution is 2.45. The summed E-state index contributed by atoms with van der Waals surface area (Å²) in [5.74, 6) is 0.439. The summed E-state index contributed by atoms with van der Waals surface area (Å²) in [5, 5.41) is 10.4. The minimum Gasteiger partial charge on any atom is -0.392 e. The van der Waals surface area contributed by atoms with Crippen LogP contribution in [0, 0.1) is 11.3 Å². The number of halogens is 1. The fourth-order valence-electron chi connectivity index (χ4n) is 3.10. The van der Waals surface area contributed by atoms with Crippen LogP contribution in [0.15, 0.2) is 28.7 Å². The van der Waals surface area contributed by atoms with Crippen LogP contribution in [0.25, 0.3) is 0 Å². The Labute approximate surface area is 112 Å². The molecule has 2 heteroatoms. The summed E-state index contributed by atoms with van der Waals surface area (Å²) < 4.78 is 1.11. The molecule has 2 atom stereocenters. The summed E-state index contributed by atoms with van der Waals surface area (Å²) in [7, 11) is 0. The van der Waals surface area contributed by atoms with Crippen molar-refractivity contribution in [3.05, 3.63) is 34.3 Å². The molecule has 1 aliphatic carbocycles. The molecule has 0 spiro atoms. The Morgan fingerprint density at radius 3 is 2.71 bits per heavy atom. The molecule has 1 aliphatic rings. The highest BCUT2D eigenvalue weighted by atomic mass is 79.9. The van der Waals surface area contributed by atoms with Gasteiger partial charge in [-0.15, -0.1) is 0 Å². The quantitative estimate of drug-likeness (QED) is 0.887. The maximum Gasteiger partial charge on any atom is 0.0614 e. The first-order valence-electron chi connectivity index (χ1n) is 6.42. The van der Waals surface area contributed by atoms with Crippen molar-refractivity contribution in [3.63, 3.8) is 0 Å². The maximum absolute atomic E-state index is 10.4. The zero-order valence-corrected chi connectivity index (χ0v) is 12.2. The molecule has 17 heavy (non-hydrogen) atoms. The molecule has 0 saturated heterocycles. The van der Waals surface area contributed by atoms with Crippen LogP contribution in [-0.2, 0) is 6.42 Å². The lowest BCUT2D eigenvalue weighted by Gasteiger charge is -2.31. The topological polar surface area (TPSA) is 20.2 Å². The first-order chi connectivity index (χ1) is 8.00. The van der Waals surface area contributed by atoms with Crippen LogP contribution in [0.1, 0.15) is 38.7 Å². The fourth-order valence-corrected chi connectivity index (χ4v) is 3.55. The van der Waals surface area contributed by atoms with Gasteiger partial charge in [-0.2, -0.15) is 0 Å². The molecule has 1 aromatic carbocycles. The van der Waals surface area contributed by atoms with Gasteiger partial charge in [-0.25, -0.2) is 0 Å². The second kappa shape index (κ2) is 5.11. The van der Waals surface area contributed by atoms with Gasteiger partial charge in [0, 0.05) is 4.47 Å². The van der Waals surface area contributed by atoms with Gasteiger partial charge in [0.05, 0.1) is 6.10 Å². The zero-order chi connectivity index (χ0) is 12.5. The van der Waals surface area contributed by atoms with E-state index >= 15 is 0 Å². The van der Waals surface area contributed by atoms with E-state index in [1.165, 1.54) is 24.8 Å². The number of hydrogen-bond donors (Lipinski definition) is 1. The van der Waals surface area contributed by atoms with Crippen LogP contribution < -0.4 is 0 Å². The van der Waals surface area contributed by atoms with Crippen molar-refractivity contribution in [2.45, 2.75) is 45.6 Å². The van der Waals surface area contributed by atoms with Crippen molar-refractivity contribution in [1.29, 1.82) is 0 Å². The van der Waals surface area contributed by atoms with Gasteiger partial charge in [0.15, 0.2) is 0 Å². The molecule has 0 aliphatic heterocycles. The van der Waals surface area contributed by atoms with Gasteiger partial charge >= 0.3 is 0 Å². The third kappa shape index (κ3) is 2.92. The van der Waals surface area contributed by atoms with E-state index in [-0.39, 0.29) is 6.10 Å². The van der Waals surface area contributed by atoms with Gasteiger partial charge in [0.25, 0.3) is 0 Å². The largest absolute Gasteiger partial charge is 0.392 e. The Kier molecular flexibility index (Phi) is 3.94. The average molecular weight is 297 g/mol. The van der Waals surface area contributed by atoms with Gasteiger partial charge in [-0.3, -0.25) is 0 Å². The summed E-state index contributed by atoms with van der Waals surface area (Å²) in [6, 6.07) is 8.18. The smallest absolute Gasteiger partial charge is 0.0614 e. The molecule has 1 aromatic rings. The standard InChI is InChI=1S/C15H21BrO/c1-15(2)9-5-7-12(15)14(17)10-11-6-3-4-8-13(11)16/h3-4,6,8,12,14,17H,5,7,9-10H2,1-2H3. The third-order valence-electron chi connectivity index (χ3n) is 4.19. The highest BCUT2D eigenvalue weighted by Gasteiger charge is 2.38. The Hall–Kier alpha value is -0.340. The Bertz CT molecular complexity index is 386. The lowest BCUT2D eigenvalue weighted by Crippen LogP contribution is -2.31. The molecular formula is C15H21BrO. The predicted octanol–water partition coefficient (Wildman–Crippen LogP) is 4.18. The van der Waals surface area contributed by atoms with Crippen molar-refractivity contribution in [2.75, 3.05) is 0 Å². The number of rotatable bonds is 3. The molecular weight excluding hydrogens is 276 g/mol. The number of hydrogen-bond acceptors (Lipinski definition) is 1. The summed E-state index contributed by atoms with van der Waals surface area (Å²) in [5.41, 5.74) is 1.50. The van der Waals surface area contributed by atoms with Crippen LogP contribution in [-0.4, -0.2) is 11.2 Å². The third-order valence-corrected chi connectivity index (χ3v) is 4.96. The number of benzene rings is 1. The molecule has 2 unspecified atom stereocenters.